The predicted molar refractivity (Wildman–Crippen MR) is 71.3 cm³/mol. The zero-order valence-corrected chi connectivity index (χ0v) is 11.1. The molecule has 1 aliphatic rings. The summed E-state index contributed by atoms with van der Waals surface area (Å²) in [4.78, 5) is 23.6. The van der Waals surface area contributed by atoms with Gasteiger partial charge in [0.25, 0.3) is 0 Å². The zero-order valence-electron chi connectivity index (χ0n) is 10.2. The van der Waals surface area contributed by atoms with Crippen LogP contribution < -0.4 is 4.52 Å². The van der Waals surface area contributed by atoms with Crippen LogP contribution in [0.15, 0.2) is 54.6 Å². The minimum absolute atomic E-state index is 0.321. The summed E-state index contributed by atoms with van der Waals surface area (Å²) in [6.45, 7) is 0. The highest BCUT2D eigenvalue weighted by atomic mass is 31.2. The topological polar surface area (TPSA) is 61.8 Å². The summed E-state index contributed by atoms with van der Waals surface area (Å²) in [6, 6.07) is 15.1. The summed E-state index contributed by atoms with van der Waals surface area (Å²) >= 11 is 0. The van der Waals surface area contributed by atoms with Crippen LogP contribution in [0.3, 0.4) is 0 Å². The molecule has 2 aromatic rings. The Bertz CT molecular complexity index is 656. The molecule has 0 radical (unpaired) electrons. The van der Waals surface area contributed by atoms with Gasteiger partial charge in [-0.3, -0.25) is 0 Å². The number of carbonyl (C=O) groups is 2. The maximum atomic E-state index is 11.9. The zero-order chi connectivity index (χ0) is 13.9. The average Bonchev–Trinajstić information content (AvgIpc) is 2.48. The molecule has 0 aromatic heterocycles. The largest absolute Gasteiger partial charge is 0.535 e. The van der Waals surface area contributed by atoms with Crippen LogP contribution >= 0.6 is 8.60 Å². The molecule has 100 valence electrons. The van der Waals surface area contributed by atoms with Crippen molar-refractivity contribution in [3.05, 3.63) is 65.7 Å². The highest BCUT2D eigenvalue weighted by Gasteiger charge is 2.33. The van der Waals surface area contributed by atoms with Crippen LogP contribution in [0, 0.1) is 0 Å². The SMILES string of the molecule is O=C(OP1OC(=O)c2ccccc2O1)c1ccccc1. The van der Waals surface area contributed by atoms with Gasteiger partial charge in [-0.25, -0.2) is 9.59 Å². The standard InChI is InChI=1S/C14H9O5P/c15-13(10-6-2-1-3-7-10)18-20-17-12-9-5-4-8-11(12)14(16)19-20/h1-9H. The smallest absolute Gasteiger partial charge is 0.407 e. The molecule has 0 spiro atoms. The number of benzene rings is 2. The molecular formula is C14H9O5P. The van der Waals surface area contributed by atoms with E-state index < -0.39 is 20.5 Å². The summed E-state index contributed by atoms with van der Waals surface area (Å²) in [5, 5.41) is 0. The second-order valence-electron chi connectivity index (χ2n) is 3.93. The molecule has 2 aromatic carbocycles. The first-order valence-electron chi connectivity index (χ1n) is 5.81. The van der Waals surface area contributed by atoms with E-state index in [2.05, 4.69) is 0 Å². The molecule has 3 rings (SSSR count). The molecule has 5 nitrogen and oxygen atoms in total. The lowest BCUT2D eigenvalue weighted by Crippen LogP contribution is -2.15. The number of para-hydroxylation sites is 1. The Morgan fingerprint density at radius 1 is 0.950 bits per heavy atom. The van der Waals surface area contributed by atoms with Crippen LogP contribution in [-0.4, -0.2) is 11.9 Å². The second-order valence-corrected chi connectivity index (χ2v) is 4.93. The van der Waals surface area contributed by atoms with E-state index in [4.69, 9.17) is 13.6 Å². The van der Waals surface area contributed by atoms with Crippen LogP contribution in [0.5, 0.6) is 5.75 Å². The highest BCUT2D eigenvalue weighted by Crippen LogP contribution is 2.47. The Morgan fingerprint density at radius 2 is 1.65 bits per heavy atom. The average molecular weight is 288 g/mol. The van der Waals surface area contributed by atoms with Gasteiger partial charge >= 0.3 is 20.5 Å². The molecule has 0 saturated carbocycles. The lowest BCUT2D eigenvalue weighted by atomic mass is 10.2. The van der Waals surface area contributed by atoms with Crippen LogP contribution in [-0.2, 0) is 9.05 Å². The maximum Gasteiger partial charge on any atom is 0.535 e. The number of hydrogen-bond donors (Lipinski definition) is 0. The van der Waals surface area contributed by atoms with Gasteiger partial charge in [-0.15, -0.1) is 0 Å². The Labute approximate surface area is 116 Å². The molecule has 0 aliphatic carbocycles. The summed E-state index contributed by atoms with van der Waals surface area (Å²) in [6.07, 6.45) is 0. The third kappa shape index (κ3) is 2.49. The van der Waals surface area contributed by atoms with Gasteiger partial charge in [-0.2, -0.15) is 0 Å². The Balaban J connectivity index is 1.75. The maximum absolute atomic E-state index is 11.9. The van der Waals surface area contributed by atoms with Crippen molar-refractivity contribution < 1.29 is 23.2 Å². The lowest BCUT2D eigenvalue weighted by Gasteiger charge is -2.21. The monoisotopic (exact) mass is 288 g/mol. The molecule has 20 heavy (non-hydrogen) atoms. The molecule has 0 amide bonds. The third-order valence-corrected chi connectivity index (χ3v) is 3.58. The summed E-state index contributed by atoms with van der Waals surface area (Å²) < 4.78 is 15.4. The van der Waals surface area contributed by atoms with Gasteiger partial charge in [-0.1, -0.05) is 30.3 Å². The first kappa shape index (κ1) is 12.6. The van der Waals surface area contributed by atoms with E-state index in [1.165, 1.54) is 0 Å². The van der Waals surface area contributed by atoms with Crippen molar-refractivity contribution in [1.29, 1.82) is 0 Å². The van der Waals surface area contributed by atoms with Gasteiger partial charge in [-0.05, 0) is 24.3 Å². The second kappa shape index (κ2) is 5.31. The van der Waals surface area contributed by atoms with E-state index in [9.17, 15) is 9.59 Å². The quantitative estimate of drug-likeness (QED) is 0.793. The molecular weight excluding hydrogens is 279 g/mol. The van der Waals surface area contributed by atoms with Crippen molar-refractivity contribution in [2.75, 3.05) is 0 Å². The number of hydrogen-bond acceptors (Lipinski definition) is 5. The van der Waals surface area contributed by atoms with E-state index in [1.807, 2.05) is 0 Å². The molecule has 1 atom stereocenters. The van der Waals surface area contributed by atoms with Crippen molar-refractivity contribution in [1.82, 2.24) is 0 Å². The Hall–Kier alpha value is -2.39. The molecule has 0 N–H and O–H groups in total. The van der Waals surface area contributed by atoms with Crippen molar-refractivity contribution >= 4 is 20.5 Å². The van der Waals surface area contributed by atoms with Gasteiger partial charge < -0.3 is 13.6 Å². The number of carbonyl (C=O) groups excluding carboxylic acids is 2. The van der Waals surface area contributed by atoms with Crippen LogP contribution in [0.25, 0.3) is 0 Å². The van der Waals surface area contributed by atoms with Gasteiger partial charge in [0.1, 0.15) is 11.3 Å². The molecule has 6 heteroatoms. The first-order valence-corrected chi connectivity index (χ1v) is 6.90. The number of fused-ring (bicyclic) bond motifs is 1. The number of rotatable bonds is 2. The van der Waals surface area contributed by atoms with Crippen LogP contribution in [0.2, 0.25) is 0 Å². The normalized spacial score (nSPS) is 16.6. The minimum atomic E-state index is -2.06. The van der Waals surface area contributed by atoms with E-state index >= 15 is 0 Å². The van der Waals surface area contributed by atoms with Crippen molar-refractivity contribution in [3.8, 4) is 5.75 Å². The summed E-state index contributed by atoms with van der Waals surface area (Å²) in [5.41, 5.74) is 0.690. The molecule has 0 fully saturated rings. The Kier molecular flexibility index (Phi) is 3.35. The third-order valence-electron chi connectivity index (χ3n) is 2.60. The van der Waals surface area contributed by atoms with E-state index in [0.717, 1.165) is 0 Å². The van der Waals surface area contributed by atoms with Crippen molar-refractivity contribution in [2.45, 2.75) is 0 Å². The van der Waals surface area contributed by atoms with Crippen molar-refractivity contribution in [2.24, 2.45) is 0 Å². The molecule has 0 bridgehead atoms. The van der Waals surface area contributed by atoms with Gasteiger partial charge in [0.05, 0.1) is 5.56 Å². The molecule has 1 unspecified atom stereocenters. The summed E-state index contributed by atoms with van der Waals surface area (Å²) in [5.74, 6) is -0.793. The van der Waals surface area contributed by atoms with Crippen LogP contribution in [0.4, 0.5) is 0 Å². The van der Waals surface area contributed by atoms with E-state index in [1.54, 1.807) is 54.6 Å². The van der Waals surface area contributed by atoms with Crippen LogP contribution in [0.1, 0.15) is 20.7 Å². The summed E-state index contributed by atoms with van der Waals surface area (Å²) in [7, 11) is -2.06. The van der Waals surface area contributed by atoms with E-state index in [-0.39, 0.29) is 0 Å². The fourth-order valence-electron chi connectivity index (χ4n) is 1.66. The van der Waals surface area contributed by atoms with Gasteiger partial charge in [0.2, 0.25) is 0 Å². The van der Waals surface area contributed by atoms with E-state index in [0.29, 0.717) is 16.9 Å². The van der Waals surface area contributed by atoms with Gasteiger partial charge in [0.15, 0.2) is 0 Å². The lowest BCUT2D eigenvalue weighted by molar-refractivity contribution is 0.0609. The van der Waals surface area contributed by atoms with Gasteiger partial charge in [0, 0.05) is 0 Å². The fourth-order valence-corrected chi connectivity index (χ4v) is 2.57. The highest BCUT2D eigenvalue weighted by molar-refractivity contribution is 7.43. The van der Waals surface area contributed by atoms with Crippen molar-refractivity contribution in [3.63, 3.8) is 0 Å². The minimum Gasteiger partial charge on any atom is -0.407 e. The predicted octanol–water partition coefficient (Wildman–Crippen LogP) is 3.32. The molecule has 1 heterocycles. The molecule has 1 aliphatic heterocycles. The molecule has 0 saturated heterocycles. The Morgan fingerprint density at radius 3 is 2.45 bits per heavy atom. The first-order chi connectivity index (χ1) is 9.74. The fraction of sp³-hybridized carbons (Fsp3) is 0.